The summed E-state index contributed by atoms with van der Waals surface area (Å²) in [5.41, 5.74) is 6.66. The van der Waals surface area contributed by atoms with Gasteiger partial charge < -0.3 is 5.73 Å². The van der Waals surface area contributed by atoms with E-state index in [-0.39, 0.29) is 10.8 Å². The van der Waals surface area contributed by atoms with Crippen LogP contribution in [0.1, 0.15) is 10.4 Å². The Morgan fingerprint density at radius 2 is 1.76 bits per heavy atom. The highest BCUT2D eigenvalue weighted by atomic mass is 32.1. The van der Waals surface area contributed by atoms with Crippen molar-refractivity contribution in [3.8, 4) is 11.3 Å². The Hall–Kier alpha value is -1.56. The molecule has 0 saturated carbocycles. The fraction of sp³-hybridized carbons (Fsp3) is 0.182. The number of rotatable bonds is 1. The van der Waals surface area contributed by atoms with Crippen LogP contribution in [0.15, 0.2) is 24.3 Å². The Kier molecular flexibility index (Phi) is 2.82. The van der Waals surface area contributed by atoms with Gasteiger partial charge in [-0.1, -0.05) is 41.2 Å². The monoisotopic (exact) mass is 258 g/mol. The highest BCUT2D eigenvalue weighted by Gasteiger charge is 2.37. The summed E-state index contributed by atoms with van der Waals surface area (Å²) in [7, 11) is 0. The number of anilines is 1. The number of aromatic nitrogens is 1. The molecule has 17 heavy (non-hydrogen) atoms. The van der Waals surface area contributed by atoms with Crippen LogP contribution in [0.2, 0.25) is 0 Å². The number of nitrogens with zero attached hydrogens (tertiary/aromatic N) is 1. The minimum Gasteiger partial charge on any atom is -0.375 e. The number of hydrogen-bond acceptors (Lipinski definition) is 3. The lowest BCUT2D eigenvalue weighted by molar-refractivity contribution is -0.134. The summed E-state index contributed by atoms with van der Waals surface area (Å²) in [4.78, 5) is 3.00. The van der Waals surface area contributed by atoms with Crippen molar-refractivity contribution < 1.29 is 13.2 Å². The molecular weight excluding hydrogens is 249 g/mol. The number of nitrogen functional groups attached to an aromatic ring is 1. The van der Waals surface area contributed by atoms with E-state index in [0.717, 1.165) is 5.56 Å². The van der Waals surface area contributed by atoms with E-state index in [2.05, 4.69) is 4.98 Å². The maximum atomic E-state index is 12.7. The van der Waals surface area contributed by atoms with E-state index < -0.39 is 11.1 Å². The zero-order chi connectivity index (χ0) is 12.6. The molecule has 0 aliphatic heterocycles. The molecule has 0 aliphatic rings. The third kappa shape index (κ3) is 2.41. The minimum absolute atomic E-state index is 0.0760. The molecule has 1 aromatic heterocycles. The van der Waals surface area contributed by atoms with Gasteiger partial charge in [0.15, 0.2) is 5.13 Å². The number of alkyl halides is 3. The minimum atomic E-state index is -4.42. The van der Waals surface area contributed by atoms with Crippen molar-refractivity contribution in [3.63, 3.8) is 0 Å². The molecule has 90 valence electrons. The van der Waals surface area contributed by atoms with Crippen LogP contribution in [0.3, 0.4) is 0 Å². The van der Waals surface area contributed by atoms with Crippen molar-refractivity contribution in [2.24, 2.45) is 0 Å². The van der Waals surface area contributed by atoms with E-state index in [4.69, 9.17) is 5.73 Å². The normalized spacial score (nSPS) is 11.8. The van der Waals surface area contributed by atoms with Gasteiger partial charge in [-0.05, 0) is 6.92 Å². The van der Waals surface area contributed by atoms with Crippen LogP contribution in [0.25, 0.3) is 11.3 Å². The zero-order valence-corrected chi connectivity index (χ0v) is 9.69. The van der Waals surface area contributed by atoms with E-state index >= 15 is 0 Å². The number of thiazole rings is 1. The van der Waals surface area contributed by atoms with E-state index in [1.165, 1.54) is 0 Å². The SMILES string of the molecule is Cc1ccc(-c2nc(N)sc2C(F)(F)F)cc1. The highest BCUT2D eigenvalue weighted by Crippen LogP contribution is 2.41. The standard InChI is InChI=1S/C11H9F3N2S/c1-6-2-4-7(5-3-6)8-9(11(12,13)14)17-10(15)16-8/h2-5H,1H3,(H2,15,16). The third-order valence-corrected chi connectivity index (χ3v) is 3.16. The average molecular weight is 258 g/mol. The molecule has 0 saturated heterocycles. The van der Waals surface area contributed by atoms with Crippen LogP contribution in [0.5, 0.6) is 0 Å². The largest absolute Gasteiger partial charge is 0.427 e. The molecule has 2 rings (SSSR count). The molecule has 6 heteroatoms. The fourth-order valence-electron chi connectivity index (χ4n) is 1.44. The third-order valence-electron chi connectivity index (χ3n) is 2.23. The van der Waals surface area contributed by atoms with Gasteiger partial charge in [0.05, 0.1) is 5.69 Å². The van der Waals surface area contributed by atoms with Crippen LogP contribution in [-0.4, -0.2) is 4.98 Å². The highest BCUT2D eigenvalue weighted by molar-refractivity contribution is 7.15. The van der Waals surface area contributed by atoms with Crippen LogP contribution in [0.4, 0.5) is 18.3 Å². The summed E-state index contributed by atoms with van der Waals surface area (Å²) < 4.78 is 38.2. The quantitative estimate of drug-likeness (QED) is 0.846. The Morgan fingerprint density at radius 3 is 2.29 bits per heavy atom. The van der Waals surface area contributed by atoms with Crippen molar-refractivity contribution >= 4 is 16.5 Å². The summed E-state index contributed by atoms with van der Waals surface area (Å²) in [5.74, 6) is 0. The van der Waals surface area contributed by atoms with Crippen LogP contribution in [0, 0.1) is 6.92 Å². The van der Waals surface area contributed by atoms with Crippen LogP contribution < -0.4 is 5.73 Å². The Balaban J connectivity index is 2.55. The molecule has 2 N–H and O–H groups in total. The van der Waals surface area contributed by atoms with E-state index in [9.17, 15) is 13.2 Å². The lowest BCUT2D eigenvalue weighted by Crippen LogP contribution is -2.03. The summed E-state index contributed by atoms with van der Waals surface area (Å²) in [6.45, 7) is 1.86. The molecule has 0 bridgehead atoms. The lowest BCUT2D eigenvalue weighted by Gasteiger charge is -2.06. The number of aryl methyl sites for hydroxylation is 1. The van der Waals surface area contributed by atoms with Gasteiger partial charge in [0.2, 0.25) is 0 Å². The molecule has 0 unspecified atom stereocenters. The number of nitrogens with two attached hydrogens (primary N) is 1. The summed E-state index contributed by atoms with van der Waals surface area (Å²) in [6.07, 6.45) is -4.42. The average Bonchev–Trinajstić information content (AvgIpc) is 2.61. The molecule has 0 aliphatic carbocycles. The maximum Gasteiger partial charge on any atom is 0.427 e. The molecule has 1 heterocycles. The number of benzene rings is 1. The molecule has 0 amide bonds. The van der Waals surface area contributed by atoms with E-state index in [1.54, 1.807) is 24.3 Å². The fourth-order valence-corrected chi connectivity index (χ4v) is 2.16. The Bertz CT molecular complexity index is 529. The molecule has 0 spiro atoms. The first-order chi connectivity index (χ1) is 7.88. The molecule has 2 aromatic rings. The first-order valence-electron chi connectivity index (χ1n) is 4.78. The van der Waals surface area contributed by atoms with E-state index in [1.807, 2.05) is 6.92 Å². The van der Waals surface area contributed by atoms with Crippen molar-refractivity contribution in [2.45, 2.75) is 13.1 Å². The summed E-state index contributed by atoms with van der Waals surface area (Å²) in [5, 5.41) is -0.0760. The molecule has 0 atom stereocenters. The van der Waals surface area contributed by atoms with Crippen LogP contribution >= 0.6 is 11.3 Å². The topological polar surface area (TPSA) is 38.9 Å². The van der Waals surface area contributed by atoms with E-state index in [0.29, 0.717) is 16.9 Å². The predicted octanol–water partition coefficient (Wildman–Crippen LogP) is 3.72. The summed E-state index contributed by atoms with van der Waals surface area (Å²) in [6, 6.07) is 6.70. The second kappa shape index (κ2) is 4.03. The van der Waals surface area contributed by atoms with Gasteiger partial charge in [-0.25, -0.2) is 4.98 Å². The first-order valence-corrected chi connectivity index (χ1v) is 5.60. The lowest BCUT2D eigenvalue weighted by atomic mass is 10.1. The molecular formula is C11H9F3N2S. The van der Waals surface area contributed by atoms with Gasteiger partial charge in [0, 0.05) is 5.56 Å². The van der Waals surface area contributed by atoms with Crippen molar-refractivity contribution in [3.05, 3.63) is 34.7 Å². The summed E-state index contributed by atoms with van der Waals surface area (Å²) >= 11 is 0.462. The smallest absolute Gasteiger partial charge is 0.375 e. The maximum absolute atomic E-state index is 12.7. The first kappa shape index (κ1) is 11.9. The van der Waals surface area contributed by atoms with Crippen molar-refractivity contribution in [1.29, 1.82) is 0 Å². The van der Waals surface area contributed by atoms with Crippen LogP contribution in [-0.2, 0) is 6.18 Å². The van der Waals surface area contributed by atoms with Gasteiger partial charge in [0.25, 0.3) is 0 Å². The molecule has 2 nitrogen and oxygen atoms in total. The molecule has 1 aromatic carbocycles. The Morgan fingerprint density at radius 1 is 1.18 bits per heavy atom. The van der Waals surface area contributed by atoms with Gasteiger partial charge in [-0.2, -0.15) is 13.2 Å². The number of hydrogen-bond donors (Lipinski definition) is 1. The Labute approximate surface area is 99.9 Å². The molecule has 0 fully saturated rings. The molecule has 0 radical (unpaired) electrons. The number of halogens is 3. The van der Waals surface area contributed by atoms with Crippen molar-refractivity contribution in [2.75, 3.05) is 5.73 Å². The van der Waals surface area contributed by atoms with Gasteiger partial charge in [-0.3, -0.25) is 0 Å². The van der Waals surface area contributed by atoms with Crippen molar-refractivity contribution in [1.82, 2.24) is 4.98 Å². The second-order valence-corrected chi connectivity index (χ2v) is 4.62. The second-order valence-electron chi connectivity index (χ2n) is 3.59. The van der Waals surface area contributed by atoms with Gasteiger partial charge in [-0.15, -0.1) is 0 Å². The predicted molar refractivity (Wildman–Crippen MR) is 61.7 cm³/mol. The van der Waals surface area contributed by atoms with Gasteiger partial charge >= 0.3 is 6.18 Å². The van der Waals surface area contributed by atoms with Gasteiger partial charge in [0.1, 0.15) is 4.88 Å². The zero-order valence-electron chi connectivity index (χ0n) is 8.88.